The minimum absolute atomic E-state index is 0.356. The first-order valence-corrected chi connectivity index (χ1v) is 10.8. The van der Waals surface area contributed by atoms with Crippen molar-refractivity contribution in [1.29, 1.82) is 10.5 Å². The van der Waals surface area contributed by atoms with Gasteiger partial charge in [-0.3, -0.25) is 0 Å². The maximum Gasteiger partial charge on any atom is 0.154 e. The van der Waals surface area contributed by atoms with Gasteiger partial charge in [0, 0.05) is 0 Å². The summed E-state index contributed by atoms with van der Waals surface area (Å²) in [5.41, 5.74) is 0.713. The van der Waals surface area contributed by atoms with E-state index in [1.54, 1.807) is 0 Å². The van der Waals surface area contributed by atoms with Crippen LogP contribution in [-0.4, -0.2) is 13.2 Å². The molecule has 0 radical (unpaired) electrons. The minimum atomic E-state index is 0.356. The van der Waals surface area contributed by atoms with E-state index in [1.165, 1.54) is 0 Å². The van der Waals surface area contributed by atoms with Crippen molar-refractivity contribution >= 4 is 31.9 Å². The number of unbranched alkanes of at least 4 members (excludes halogenated alkanes) is 6. The van der Waals surface area contributed by atoms with Crippen molar-refractivity contribution in [2.24, 2.45) is 0 Å². The van der Waals surface area contributed by atoms with Gasteiger partial charge in [0.1, 0.15) is 23.3 Å². The van der Waals surface area contributed by atoms with Gasteiger partial charge in [0.2, 0.25) is 0 Å². The Balaban J connectivity index is 2.98. The highest BCUT2D eigenvalue weighted by Gasteiger charge is 2.24. The monoisotopic (exact) mass is 484 g/mol. The van der Waals surface area contributed by atoms with Crippen LogP contribution in [0.1, 0.15) is 76.3 Å². The summed E-state index contributed by atoms with van der Waals surface area (Å²) >= 11 is 6.87. The average Bonchev–Trinajstić information content (AvgIpc) is 2.64. The summed E-state index contributed by atoms with van der Waals surface area (Å²) in [6.07, 6.45) is 8.63. The lowest BCUT2D eigenvalue weighted by Gasteiger charge is -2.17. The van der Waals surface area contributed by atoms with E-state index in [9.17, 15) is 10.5 Å². The fourth-order valence-corrected chi connectivity index (χ4v) is 3.69. The summed E-state index contributed by atoms with van der Waals surface area (Å²) in [4.78, 5) is 0. The maximum atomic E-state index is 9.57. The van der Waals surface area contributed by atoms with Crippen molar-refractivity contribution in [3.8, 4) is 23.6 Å². The van der Waals surface area contributed by atoms with E-state index in [-0.39, 0.29) is 0 Å². The van der Waals surface area contributed by atoms with Crippen molar-refractivity contribution < 1.29 is 9.47 Å². The molecule has 6 heteroatoms. The van der Waals surface area contributed by atoms with Crippen LogP contribution in [0.2, 0.25) is 0 Å². The first-order valence-electron chi connectivity index (χ1n) is 9.22. The standard InChI is InChI=1S/C20H26Br2N2O2/c1-3-5-7-9-11-25-19-15(13-23)18(22)20(16(14-24)17(19)21)26-12-10-8-6-4-2/h3-12H2,1-2H3. The topological polar surface area (TPSA) is 66.0 Å². The van der Waals surface area contributed by atoms with Gasteiger partial charge < -0.3 is 9.47 Å². The minimum Gasteiger partial charge on any atom is -0.491 e. The number of halogens is 2. The molecule has 26 heavy (non-hydrogen) atoms. The predicted octanol–water partition coefficient (Wildman–Crippen LogP) is 6.87. The van der Waals surface area contributed by atoms with Crippen LogP contribution >= 0.6 is 31.9 Å². The molecule has 0 N–H and O–H groups in total. The highest BCUT2D eigenvalue weighted by Crippen LogP contribution is 2.44. The molecule has 0 aliphatic rings. The Morgan fingerprint density at radius 2 is 1.08 bits per heavy atom. The molecule has 0 bridgehead atoms. The molecular formula is C20H26Br2N2O2. The molecule has 4 nitrogen and oxygen atoms in total. The van der Waals surface area contributed by atoms with Gasteiger partial charge in [0.05, 0.1) is 22.2 Å². The van der Waals surface area contributed by atoms with Crippen LogP contribution in [-0.2, 0) is 0 Å². The van der Waals surface area contributed by atoms with Gasteiger partial charge >= 0.3 is 0 Å². The molecule has 0 fully saturated rings. The highest BCUT2D eigenvalue weighted by atomic mass is 79.9. The normalized spacial score (nSPS) is 10.2. The summed E-state index contributed by atoms with van der Waals surface area (Å²) in [6, 6.07) is 4.34. The summed E-state index contributed by atoms with van der Waals surface area (Å²) in [6.45, 7) is 5.34. The van der Waals surface area contributed by atoms with Gasteiger partial charge in [-0.15, -0.1) is 0 Å². The molecule has 1 aromatic carbocycles. The molecule has 0 atom stereocenters. The number of ether oxygens (including phenoxy) is 2. The highest BCUT2D eigenvalue weighted by molar-refractivity contribution is 9.11. The van der Waals surface area contributed by atoms with Gasteiger partial charge in [0.25, 0.3) is 0 Å². The summed E-state index contributed by atoms with van der Waals surface area (Å²) in [7, 11) is 0. The Hall–Kier alpha value is -1.24. The maximum absolute atomic E-state index is 9.57. The molecule has 0 spiro atoms. The zero-order valence-electron chi connectivity index (χ0n) is 15.5. The summed E-state index contributed by atoms with van der Waals surface area (Å²) < 4.78 is 12.6. The first-order chi connectivity index (χ1) is 12.6. The van der Waals surface area contributed by atoms with Gasteiger partial charge in [-0.05, 0) is 44.7 Å². The molecule has 0 aliphatic heterocycles. The lowest BCUT2D eigenvalue weighted by atomic mass is 10.1. The number of nitriles is 2. The van der Waals surface area contributed by atoms with Crippen LogP contribution in [0, 0.1) is 22.7 Å². The summed E-state index contributed by atoms with van der Waals surface area (Å²) in [5, 5.41) is 19.1. The molecule has 0 saturated heterocycles. The SMILES string of the molecule is CCCCCCOc1c(Br)c(C#N)c(OCCCCCC)c(Br)c1C#N. The Bertz CT molecular complexity index is 606. The van der Waals surface area contributed by atoms with Crippen molar-refractivity contribution in [1.82, 2.24) is 0 Å². The van der Waals surface area contributed by atoms with Crippen molar-refractivity contribution in [3.63, 3.8) is 0 Å². The third-order valence-corrected chi connectivity index (χ3v) is 5.52. The molecule has 1 rings (SSSR count). The van der Waals surface area contributed by atoms with Crippen molar-refractivity contribution in [2.45, 2.75) is 65.2 Å². The number of hydrogen-bond acceptors (Lipinski definition) is 4. The van der Waals surface area contributed by atoms with Crippen LogP contribution < -0.4 is 9.47 Å². The lowest BCUT2D eigenvalue weighted by Crippen LogP contribution is -2.06. The number of rotatable bonds is 12. The molecular weight excluding hydrogens is 460 g/mol. The van der Waals surface area contributed by atoms with E-state index in [4.69, 9.17) is 9.47 Å². The number of hydrogen-bond donors (Lipinski definition) is 0. The van der Waals surface area contributed by atoms with E-state index in [1.807, 2.05) is 0 Å². The molecule has 0 heterocycles. The van der Waals surface area contributed by atoms with E-state index in [2.05, 4.69) is 57.8 Å². The Morgan fingerprint density at radius 1 is 0.692 bits per heavy atom. The molecule has 0 aliphatic carbocycles. The smallest absolute Gasteiger partial charge is 0.154 e. The van der Waals surface area contributed by atoms with E-state index < -0.39 is 0 Å². The van der Waals surface area contributed by atoms with Crippen LogP contribution in [0.5, 0.6) is 11.5 Å². The molecule has 0 saturated carbocycles. The van der Waals surface area contributed by atoms with E-state index in [0.717, 1.165) is 51.4 Å². The number of benzene rings is 1. The van der Waals surface area contributed by atoms with E-state index in [0.29, 0.717) is 44.8 Å². The Morgan fingerprint density at radius 3 is 1.38 bits per heavy atom. The quantitative estimate of drug-likeness (QED) is 0.303. The second-order valence-electron chi connectivity index (χ2n) is 6.08. The van der Waals surface area contributed by atoms with Gasteiger partial charge in [-0.2, -0.15) is 10.5 Å². The predicted molar refractivity (Wildman–Crippen MR) is 111 cm³/mol. The Labute approximate surface area is 173 Å². The second-order valence-corrected chi connectivity index (χ2v) is 7.66. The molecule has 0 amide bonds. The summed E-state index contributed by atoms with van der Waals surface area (Å²) in [5.74, 6) is 0.816. The second kappa shape index (κ2) is 13.0. The van der Waals surface area contributed by atoms with Crippen molar-refractivity contribution in [2.75, 3.05) is 13.2 Å². The molecule has 1 aromatic rings. The van der Waals surface area contributed by atoms with Gasteiger partial charge in [-0.1, -0.05) is 52.4 Å². The zero-order valence-corrected chi connectivity index (χ0v) is 18.7. The van der Waals surface area contributed by atoms with Gasteiger partial charge in [-0.25, -0.2) is 0 Å². The largest absolute Gasteiger partial charge is 0.491 e. The average molecular weight is 486 g/mol. The molecule has 0 aromatic heterocycles. The van der Waals surface area contributed by atoms with Crippen LogP contribution in [0.3, 0.4) is 0 Å². The third-order valence-electron chi connectivity index (χ3n) is 4.00. The molecule has 0 unspecified atom stereocenters. The number of nitrogens with zero attached hydrogens (tertiary/aromatic N) is 2. The Kier molecular flexibility index (Phi) is 11.4. The van der Waals surface area contributed by atoms with Crippen molar-refractivity contribution in [3.05, 3.63) is 20.1 Å². The van der Waals surface area contributed by atoms with Crippen LogP contribution in [0.15, 0.2) is 8.95 Å². The zero-order chi connectivity index (χ0) is 19.4. The van der Waals surface area contributed by atoms with Gasteiger partial charge in [0.15, 0.2) is 11.5 Å². The fourth-order valence-electron chi connectivity index (χ4n) is 2.52. The lowest BCUT2D eigenvalue weighted by molar-refractivity contribution is 0.292. The first kappa shape index (κ1) is 22.8. The van der Waals surface area contributed by atoms with Crippen LogP contribution in [0.4, 0.5) is 0 Å². The van der Waals surface area contributed by atoms with Crippen LogP contribution in [0.25, 0.3) is 0 Å². The third kappa shape index (κ3) is 6.49. The molecule has 142 valence electrons. The fraction of sp³-hybridized carbons (Fsp3) is 0.600. The van der Waals surface area contributed by atoms with E-state index >= 15 is 0 Å².